The second kappa shape index (κ2) is 9.38. The van der Waals surface area contributed by atoms with E-state index in [1.54, 1.807) is 18.0 Å². The van der Waals surface area contributed by atoms with Gasteiger partial charge in [0.25, 0.3) is 0 Å². The highest BCUT2D eigenvalue weighted by molar-refractivity contribution is 6.18. The SMILES string of the molecule is CCOC(=O)C1=CN(C(=O)Nc2ccc(-c3ccccc3)cc2)CC(C)(C)c2c1[nH]c1ccccc21. The summed E-state index contributed by atoms with van der Waals surface area (Å²) in [5.74, 6) is -0.465. The maximum absolute atomic E-state index is 13.4. The van der Waals surface area contributed by atoms with Crippen molar-refractivity contribution in [1.82, 2.24) is 9.88 Å². The van der Waals surface area contributed by atoms with Crippen LogP contribution in [0.5, 0.6) is 0 Å². The molecule has 0 saturated heterocycles. The summed E-state index contributed by atoms with van der Waals surface area (Å²) in [7, 11) is 0. The number of amides is 2. The summed E-state index contributed by atoms with van der Waals surface area (Å²) in [4.78, 5) is 31.4. The molecule has 1 aliphatic heterocycles. The molecule has 1 aliphatic rings. The average molecular weight is 480 g/mol. The topological polar surface area (TPSA) is 74.4 Å². The Hall–Kier alpha value is -4.32. The van der Waals surface area contributed by atoms with E-state index in [0.29, 0.717) is 23.5 Å². The zero-order chi connectivity index (χ0) is 25.3. The highest BCUT2D eigenvalue weighted by Crippen LogP contribution is 2.40. The number of ether oxygens (including phenoxy) is 1. The van der Waals surface area contributed by atoms with Gasteiger partial charge in [0.1, 0.15) is 0 Å². The second-order valence-corrected chi connectivity index (χ2v) is 9.57. The maximum atomic E-state index is 13.4. The maximum Gasteiger partial charge on any atom is 0.341 e. The Morgan fingerprint density at radius 2 is 1.61 bits per heavy atom. The van der Waals surface area contributed by atoms with Crippen LogP contribution in [0.25, 0.3) is 27.6 Å². The fraction of sp³-hybridized carbons (Fsp3) is 0.200. The monoisotopic (exact) mass is 479 g/mol. The van der Waals surface area contributed by atoms with Crippen molar-refractivity contribution in [2.75, 3.05) is 18.5 Å². The quantitative estimate of drug-likeness (QED) is 0.325. The number of aromatic amines is 1. The van der Waals surface area contributed by atoms with E-state index in [-0.39, 0.29) is 12.6 Å². The Labute approximate surface area is 210 Å². The van der Waals surface area contributed by atoms with E-state index in [0.717, 1.165) is 27.6 Å². The molecule has 0 atom stereocenters. The highest BCUT2D eigenvalue weighted by Gasteiger charge is 2.37. The molecule has 0 fully saturated rings. The second-order valence-electron chi connectivity index (χ2n) is 9.57. The van der Waals surface area contributed by atoms with E-state index < -0.39 is 11.4 Å². The number of rotatable bonds is 4. The van der Waals surface area contributed by atoms with Gasteiger partial charge in [0.15, 0.2) is 0 Å². The first kappa shape index (κ1) is 23.4. The van der Waals surface area contributed by atoms with E-state index in [1.807, 2.05) is 78.9 Å². The Bertz CT molecular complexity index is 1450. The van der Waals surface area contributed by atoms with Crippen LogP contribution in [0.15, 0.2) is 85.1 Å². The number of carbonyl (C=O) groups excluding carboxylic acids is 2. The third-order valence-electron chi connectivity index (χ3n) is 6.50. The summed E-state index contributed by atoms with van der Waals surface area (Å²) < 4.78 is 5.37. The summed E-state index contributed by atoms with van der Waals surface area (Å²) in [6.07, 6.45) is 1.61. The molecule has 36 heavy (non-hydrogen) atoms. The lowest BCUT2D eigenvalue weighted by molar-refractivity contribution is -0.136. The van der Waals surface area contributed by atoms with Crippen LogP contribution >= 0.6 is 0 Å². The van der Waals surface area contributed by atoms with Gasteiger partial charge in [-0.1, -0.05) is 74.5 Å². The molecular formula is C30H29N3O3. The fourth-order valence-electron chi connectivity index (χ4n) is 4.88. The zero-order valence-corrected chi connectivity index (χ0v) is 20.7. The number of fused-ring (bicyclic) bond motifs is 3. The molecule has 0 unspecified atom stereocenters. The van der Waals surface area contributed by atoms with Crippen LogP contribution in [0, 0.1) is 0 Å². The van der Waals surface area contributed by atoms with Crippen LogP contribution in [0.2, 0.25) is 0 Å². The fourth-order valence-corrected chi connectivity index (χ4v) is 4.88. The minimum absolute atomic E-state index is 0.245. The lowest BCUT2D eigenvalue weighted by Crippen LogP contribution is -2.39. The zero-order valence-electron chi connectivity index (χ0n) is 20.7. The number of carbonyl (C=O) groups is 2. The third kappa shape index (κ3) is 4.38. The first-order valence-corrected chi connectivity index (χ1v) is 12.1. The highest BCUT2D eigenvalue weighted by atomic mass is 16.5. The van der Waals surface area contributed by atoms with Crippen molar-refractivity contribution in [3.63, 3.8) is 0 Å². The molecule has 3 aromatic carbocycles. The van der Waals surface area contributed by atoms with Gasteiger partial charge in [-0.3, -0.25) is 4.90 Å². The summed E-state index contributed by atoms with van der Waals surface area (Å²) in [5.41, 5.74) is 5.40. The summed E-state index contributed by atoms with van der Waals surface area (Å²) in [6.45, 7) is 6.58. The molecule has 6 heteroatoms. The number of esters is 1. The molecule has 0 radical (unpaired) electrons. The van der Waals surface area contributed by atoms with Gasteiger partial charge < -0.3 is 15.0 Å². The first-order chi connectivity index (χ1) is 17.4. The van der Waals surface area contributed by atoms with E-state index in [9.17, 15) is 9.59 Å². The predicted molar refractivity (Wildman–Crippen MR) is 144 cm³/mol. The molecule has 4 aromatic rings. The Kier molecular flexibility index (Phi) is 6.10. The van der Waals surface area contributed by atoms with Crippen molar-refractivity contribution < 1.29 is 14.3 Å². The third-order valence-corrected chi connectivity index (χ3v) is 6.50. The molecule has 5 rings (SSSR count). The number of nitrogens with one attached hydrogen (secondary N) is 2. The number of anilines is 1. The summed E-state index contributed by atoms with van der Waals surface area (Å²) >= 11 is 0. The van der Waals surface area contributed by atoms with Crippen molar-refractivity contribution >= 4 is 34.2 Å². The van der Waals surface area contributed by atoms with Crippen molar-refractivity contribution in [3.8, 4) is 11.1 Å². The number of urea groups is 1. The molecule has 1 aromatic heterocycles. The van der Waals surface area contributed by atoms with Crippen molar-refractivity contribution in [3.05, 3.63) is 96.3 Å². The van der Waals surface area contributed by atoms with Crippen molar-refractivity contribution in [1.29, 1.82) is 0 Å². The van der Waals surface area contributed by atoms with Crippen LogP contribution in [0.1, 0.15) is 32.0 Å². The lowest BCUT2D eigenvalue weighted by atomic mass is 9.82. The molecule has 2 amide bonds. The van der Waals surface area contributed by atoms with Crippen LogP contribution < -0.4 is 5.32 Å². The van der Waals surface area contributed by atoms with Crippen LogP contribution in [-0.4, -0.2) is 35.0 Å². The predicted octanol–water partition coefficient (Wildman–Crippen LogP) is 6.56. The van der Waals surface area contributed by atoms with Gasteiger partial charge in [0.05, 0.1) is 17.9 Å². The van der Waals surface area contributed by atoms with E-state index in [4.69, 9.17) is 4.74 Å². The average Bonchev–Trinajstić information content (AvgIpc) is 3.22. The van der Waals surface area contributed by atoms with Crippen LogP contribution in [0.4, 0.5) is 10.5 Å². The largest absolute Gasteiger partial charge is 0.462 e. The van der Waals surface area contributed by atoms with E-state index >= 15 is 0 Å². The molecule has 0 aliphatic carbocycles. The lowest BCUT2D eigenvalue weighted by Gasteiger charge is -2.29. The van der Waals surface area contributed by atoms with Gasteiger partial charge >= 0.3 is 12.0 Å². The molecule has 0 bridgehead atoms. The van der Waals surface area contributed by atoms with Crippen LogP contribution in [-0.2, 0) is 14.9 Å². The smallest absolute Gasteiger partial charge is 0.341 e. The molecular weight excluding hydrogens is 450 g/mol. The number of nitrogens with zero attached hydrogens (tertiary/aromatic N) is 1. The number of hydrogen-bond donors (Lipinski definition) is 2. The molecule has 182 valence electrons. The van der Waals surface area contributed by atoms with Gasteiger partial charge in [-0.15, -0.1) is 0 Å². The molecule has 0 spiro atoms. The van der Waals surface area contributed by atoms with Crippen molar-refractivity contribution in [2.45, 2.75) is 26.2 Å². The number of benzene rings is 3. The van der Waals surface area contributed by atoms with Gasteiger partial charge in [-0.25, -0.2) is 9.59 Å². The van der Waals surface area contributed by atoms with E-state index in [2.05, 4.69) is 24.1 Å². The Morgan fingerprint density at radius 1 is 0.944 bits per heavy atom. The molecule has 2 N–H and O–H groups in total. The van der Waals surface area contributed by atoms with Gasteiger partial charge in [0, 0.05) is 34.8 Å². The summed E-state index contributed by atoms with van der Waals surface area (Å²) in [6, 6.07) is 25.5. The molecule has 2 heterocycles. The molecule has 0 saturated carbocycles. The number of H-pyrrole nitrogens is 1. The Balaban J connectivity index is 1.48. The van der Waals surface area contributed by atoms with Gasteiger partial charge in [0.2, 0.25) is 0 Å². The molecule has 6 nitrogen and oxygen atoms in total. The number of hydrogen-bond acceptors (Lipinski definition) is 3. The minimum Gasteiger partial charge on any atom is -0.462 e. The standard InChI is InChI=1S/C30H29N3O3/c1-4-36-28(34)24-18-33(19-30(2,3)26-23-12-8-9-13-25(23)32-27(24)26)29(35)31-22-16-14-21(15-17-22)20-10-6-5-7-11-20/h5-18,32H,4,19H2,1-3H3,(H,31,35). The number of aromatic nitrogens is 1. The van der Waals surface area contributed by atoms with Crippen molar-refractivity contribution in [2.24, 2.45) is 0 Å². The van der Waals surface area contributed by atoms with Gasteiger partial charge in [-0.2, -0.15) is 0 Å². The normalized spacial score (nSPS) is 14.5. The summed E-state index contributed by atoms with van der Waals surface area (Å²) in [5, 5.41) is 4.02. The van der Waals surface area contributed by atoms with E-state index in [1.165, 1.54) is 0 Å². The van der Waals surface area contributed by atoms with Gasteiger partial charge in [-0.05, 0) is 41.8 Å². The number of para-hydroxylation sites is 1. The first-order valence-electron chi connectivity index (χ1n) is 12.1. The van der Waals surface area contributed by atoms with Crippen LogP contribution in [0.3, 0.4) is 0 Å². The Morgan fingerprint density at radius 3 is 2.33 bits per heavy atom. The minimum atomic E-state index is -0.465.